The molecule has 38 heavy (non-hydrogen) atoms. The molecule has 1 heteroatoms. The van der Waals surface area contributed by atoms with Gasteiger partial charge in [-0.15, -0.1) is 0 Å². The van der Waals surface area contributed by atoms with E-state index < -0.39 is 0 Å². The normalized spacial score (nSPS) is 21.2. The second-order valence-electron chi connectivity index (χ2n) is 11.7. The van der Waals surface area contributed by atoms with Crippen LogP contribution < -0.4 is 0 Å². The summed E-state index contributed by atoms with van der Waals surface area (Å²) in [6.07, 6.45) is 21.0. The second-order valence-corrected chi connectivity index (χ2v) is 11.7. The van der Waals surface area contributed by atoms with Gasteiger partial charge in [0.1, 0.15) is 0 Å². The van der Waals surface area contributed by atoms with Crippen LogP contribution in [0.5, 0.6) is 0 Å². The van der Waals surface area contributed by atoms with Crippen molar-refractivity contribution in [3.05, 3.63) is 94.9 Å². The number of fused-ring (bicyclic) bond motifs is 1. The van der Waals surface area contributed by atoms with Gasteiger partial charge in [0, 0.05) is 17.0 Å². The van der Waals surface area contributed by atoms with E-state index in [2.05, 4.69) is 116 Å². The molecule has 0 bridgehead atoms. The first-order valence-corrected chi connectivity index (χ1v) is 15.0. The van der Waals surface area contributed by atoms with E-state index >= 15 is 0 Å². The quantitative estimate of drug-likeness (QED) is 0.255. The predicted octanol–water partition coefficient (Wildman–Crippen LogP) is 11.2. The average Bonchev–Trinajstić information content (AvgIpc) is 2.93. The lowest BCUT2D eigenvalue weighted by molar-refractivity contribution is 0.222. The monoisotopic (exact) mass is 509 g/mol. The van der Waals surface area contributed by atoms with Crippen LogP contribution in [0.15, 0.2) is 83.6 Å². The van der Waals surface area contributed by atoms with Crippen LogP contribution in [-0.2, 0) is 5.41 Å². The highest BCUT2D eigenvalue weighted by molar-refractivity contribution is 6.00. The number of nitrogens with zero attached hydrogens (tertiary/aromatic N) is 1. The van der Waals surface area contributed by atoms with Crippen LogP contribution in [0.25, 0.3) is 16.3 Å². The zero-order valence-electron chi connectivity index (χ0n) is 25.8. The lowest BCUT2D eigenvalue weighted by Gasteiger charge is -2.47. The second kappa shape index (κ2) is 12.5. The van der Waals surface area contributed by atoms with E-state index in [0.29, 0.717) is 11.8 Å². The van der Waals surface area contributed by atoms with Crippen molar-refractivity contribution in [2.24, 2.45) is 17.3 Å². The molecule has 3 unspecified atom stereocenters. The van der Waals surface area contributed by atoms with E-state index in [1.807, 2.05) is 20.0 Å². The molecule has 0 aliphatic heterocycles. The van der Waals surface area contributed by atoms with E-state index in [1.165, 1.54) is 44.3 Å². The van der Waals surface area contributed by atoms with Crippen molar-refractivity contribution in [2.75, 3.05) is 0 Å². The fourth-order valence-electron chi connectivity index (χ4n) is 6.68. The van der Waals surface area contributed by atoms with Gasteiger partial charge in [-0.3, -0.25) is 4.98 Å². The molecule has 0 fully saturated rings. The highest BCUT2D eigenvalue weighted by Gasteiger charge is 2.46. The van der Waals surface area contributed by atoms with Gasteiger partial charge in [-0.2, -0.15) is 0 Å². The summed E-state index contributed by atoms with van der Waals surface area (Å²) in [5.74, 6) is 0.808. The number of aromatic nitrogens is 1. The fourth-order valence-corrected chi connectivity index (χ4v) is 6.68. The van der Waals surface area contributed by atoms with E-state index in [9.17, 15) is 0 Å². The third kappa shape index (κ3) is 5.40. The highest BCUT2D eigenvalue weighted by atomic mass is 14.7. The molecule has 0 amide bonds. The summed E-state index contributed by atoms with van der Waals surface area (Å²) in [6, 6.07) is 8.95. The van der Waals surface area contributed by atoms with Crippen LogP contribution in [0.3, 0.4) is 0 Å². The van der Waals surface area contributed by atoms with Gasteiger partial charge in [0.05, 0.1) is 5.69 Å². The summed E-state index contributed by atoms with van der Waals surface area (Å²) >= 11 is 0. The summed E-state index contributed by atoms with van der Waals surface area (Å²) in [6.45, 7) is 22.7. The standard InChI is InChI=1S/C35H45N.C2H6/c1-9-12-20-35(8,27(11-3)23-25(5)22-24(4)10-2)30-18-14-17-29-32(30)33-31-26(19-21-36-33)15-13-16-28(31)34(29,6)7;1-2/h12-17,19-23,27,30H,9-11,18H2,1-8H3;1-2H3/b20-12?,24-22-,25-23-;. The molecule has 1 aromatic heterocycles. The molecule has 0 radical (unpaired) electrons. The van der Waals surface area contributed by atoms with Gasteiger partial charge in [0.25, 0.3) is 0 Å². The lowest BCUT2D eigenvalue weighted by atomic mass is 9.57. The Labute approximate surface area is 233 Å². The zero-order valence-corrected chi connectivity index (χ0v) is 25.8. The topological polar surface area (TPSA) is 12.9 Å². The van der Waals surface area contributed by atoms with Crippen molar-refractivity contribution in [3.63, 3.8) is 0 Å². The van der Waals surface area contributed by atoms with Crippen LogP contribution in [0.4, 0.5) is 0 Å². The summed E-state index contributed by atoms with van der Waals surface area (Å²) in [7, 11) is 0. The maximum Gasteiger partial charge on any atom is 0.0749 e. The van der Waals surface area contributed by atoms with Crippen LogP contribution in [0.2, 0.25) is 0 Å². The Morgan fingerprint density at radius 1 is 1.13 bits per heavy atom. The van der Waals surface area contributed by atoms with Crippen LogP contribution in [0, 0.1) is 17.3 Å². The highest BCUT2D eigenvalue weighted by Crippen LogP contribution is 2.57. The van der Waals surface area contributed by atoms with Crippen LogP contribution in [-0.4, -0.2) is 4.98 Å². The lowest BCUT2D eigenvalue weighted by Crippen LogP contribution is -2.38. The van der Waals surface area contributed by atoms with Crippen molar-refractivity contribution in [1.82, 2.24) is 4.98 Å². The molecule has 0 N–H and O–H groups in total. The van der Waals surface area contributed by atoms with Crippen molar-refractivity contribution < 1.29 is 0 Å². The van der Waals surface area contributed by atoms with E-state index in [4.69, 9.17) is 4.98 Å². The molecular weight excluding hydrogens is 458 g/mol. The van der Waals surface area contributed by atoms with Gasteiger partial charge >= 0.3 is 0 Å². The molecule has 4 rings (SSSR count). The fraction of sp³-hybridized carbons (Fsp3) is 0.486. The molecule has 204 valence electrons. The maximum absolute atomic E-state index is 5.09. The Morgan fingerprint density at radius 2 is 1.87 bits per heavy atom. The average molecular weight is 510 g/mol. The Bertz CT molecular complexity index is 1270. The number of hydrogen-bond acceptors (Lipinski definition) is 1. The molecule has 3 atom stereocenters. The summed E-state index contributed by atoms with van der Waals surface area (Å²) in [5, 5.41) is 2.66. The molecule has 1 heterocycles. The summed E-state index contributed by atoms with van der Waals surface area (Å²) < 4.78 is 0. The number of allylic oxidation sites excluding steroid dienone is 10. The Morgan fingerprint density at radius 3 is 2.53 bits per heavy atom. The van der Waals surface area contributed by atoms with Gasteiger partial charge in [0.2, 0.25) is 0 Å². The Balaban J connectivity index is 0.00000195. The van der Waals surface area contributed by atoms with Crippen LogP contribution >= 0.6 is 0 Å². The third-order valence-corrected chi connectivity index (χ3v) is 8.89. The molecular formula is C37H51N. The number of rotatable bonds is 8. The first-order chi connectivity index (χ1) is 18.2. The summed E-state index contributed by atoms with van der Waals surface area (Å²) in [5.41, 5.74) is 8.29. The first-order valence-electron chi connectivity index (χ1n) is 15.0. The van der Waals surface area contributed by atoms with E-state index in [-0.39, 0.29) is 10.8 Å². The maximum atomic E-state index is 5.09. The minimum atomic E-state index is -0.0517. The molecule has 0 saturated carbocycles. The Hall–Kier alpha value is -2.67. The van der Waals surface area contributed by atoms with Gasteiger partial charge in [-0.1, -0.05) is 121 Å². The van der Waals surface area contributed by atoms with Crippen LogP contribution in [0.1, 0.15) is 106 Å². The molecule has 1 aromatic carbocycles. The van der Waals surface area contributed by atoms with Gasteiger partial charge < -0.3 is 0 Å². The Kier molecular flexibility index (Phi) is 9.80. The first kappa shape index (κ1) is 29.9. The number of pyridine rings is 1. The van der Waals surface area contributed by atoms with E-state index in [1.54, 1.807) is 0 Å². The molecule has 0 spiro atoms. The minimum absolute atomic E-state index is 0.0163. The van der Waals surface area contributed by atoms with Gasteiger partial charge in [-0.25, -0.2) is 0 Å². The molecule has 2 aliphatic rings. The van der Waals surface area contributed by atoms with Crippen molar-refractivity contribution >= 4 is 16.3 Å². The molecule has 2 aromatic rings. The predicted molar refractivity (Wildman–Crippen MR) is 169 cm³/mol. The smallest absolute Gasteiger partial charge is 0.0749 e. The summed E-state index contributed by atoms with van der Waals surface area (Å²) in [4.78, 5) is 5.09. The van der Waals surface area contributed by atoms with Gasteiger partial charge in [-0.05, 0) is 84.9 Å². The van der Waals surface area contributed by atoms with Crippen molar-refractivity contribution in [1.29, 1.82) is 0 Å². The van der Waals surface area contributed by atoms with Gasteiger partial charge in [0.15, 0.2) is 0 Å². The minimum Gasteiger partial charge on any atom is -0.256 e. The van der Waals surface area contributed by atoms with E-state index in [0.717, 1.165) is 25.7 Å². The molecule has 1 nitrogen and oxygen atoms in total. The van der Waals surface area contributed by atoms with Crippen molar-refractivity contribution in [2.45, 2.75) is 100 Å². The largest absolute Gasteiger partial charge is 0.256 e. The number of benzene rings is 1. The molecule has 2 aliphatic carbocycles. The SMILES string of the molecule is CC.CCC=CC(C)(C(/C=C(C)\C=C(\C)CC)CC)C1CC=CC2=C1c1nccc3cccc(c13)C2(C)C. The number of hydrogen-bond donors (Lipinski definition) is 0. The third-order valence-electron chi connectivity index (χ3n) is 8.89. The molecule has 0 saturated heterocycles. The van der Waals surface area contributed by atoms with Crippen molar-refractivity contribution in [3.8, 4) is 0 Å². The zero-order chi connectivity index (χ0) is 28.1.